The third-order valence-corrected chi connectivity index (χ3v) is 5.12. The van der Waals surface area contributed by atoms with Gasteiger partial charge in [-0.3, -0.25) is 19.4 Å². The third kappa shape index (κ3) is 3.97. The second-order valence-corrected chi connectivity index (χ2v) is 6.92. The Morgan fingerprint density at radius 2 is 1.72 bits per heavy atom. The van der Waals surface area contributed by atoms with Gasteiger partial charge in [0.25, 0.3) is 11.8 Å². The lowest BCUT2D eigenvalue weighted by Gasteiger charge is -2.36. The number of benzene rings is 2. The van der Waals surface area contributed by atoms with Gasteiger partial charge in [0.2, 0.25) is 0 Å². The van der Waals surface area contributed by atoms with Crippen LogP contribution in [0.5, 0.6) is 11.5 Å². The highest BCUT2D eigenvalue weighted by Gasteiger charge is 2.39. The molecule has 0 aromatic heterocycles. The molecule has 1 heterocycles. The van der Waals surface area contributed by atoms with E-state index in [0.29, 0.717) is 34.3 Å². The Hall–Kier alpha value is -2.90. The summed E-state index contributed by atoms with van der Waals surface area (Å²) in [6.45, 7) is 2.12. The third-order valence-electron chi connectivity index (χ3n) is 4.47. The fourth-order valence-electron chi connectivity index (χ4n) is 2.98. The smallest absolute Gasteiger partial charge is 0.270 e. The van der Waals surface area contributed by atoms with Crippen molar-refractivity contribution in [3.63, 3.8) is 0 Å². The van der Waals surface area contributed by atoms with E-state index in [9.17, 15) is 9.59 Å². The zero-order valence-corrected chi connectivity index (χ0v) is 17.7. The second-order valence-electron chi connectivity index (χ2n) is 6.11. The SMILES string of the molecule is CCN1C(=O)C(=Cc2cc(OC)ccc2OC)C(=O)N(c2ccc(Cl)cc2)C1=S. The second kappa shape index (κ2) is 8.63. The number of carbonyl (C=O) groups is 2. The van der Waals surface area contributed by atoms with Gasteiger partial charge in [0, 0.05) is 17.1 Å². The summed E-state index contributed by atoms with van der Waals surface area (Å²) in [6, 6.07) is 11.8. The maximum Gasteiger partial charge on any atom is 0.270 e. The molecule has 29 heavy (non-hydrogen) atoms. The average molecular weight is 431 g/mol. The molecule has 0 unspecified atom stereocenters. The van der Waals surface area contributed by atoms with Crippen molar-refractivity contribution in [1.82, 2.24) is 4.90 Å². The van der Waals surface area contributed by atoms with Crippen LogP contribution >= 0.6 is 23.8 Å². The Kier molecular flexibility index (Phi) is 6.20. The molecule has 6 nitrogen and oxygen atoms in total. The van der Waals surface area contributed by atoms with E-state index in [1.165, 1.54) is 30.1 Å². The van der Waals surface area contributed by atoms with Gasteiger partial charge in [-0.1, -0.05) is 11.6 Å². The molecular weight excluding hydrogens is 412 g/mol. The molecule has 2 aromatic rings. The number of thiocarbonyl (C=S) groups is 1. The number of halogens is 1. The van der Waals surface area contributed by atoms with Gasteiger partial charge >= 0.3 is 0 Å². The highest BCUT2D eigenvalue weighted by Crippen LogP contribution is 2.30. The molecular formula is C21H19ClN2O4S. The maximum absolute atomic E-state index is 13.3. The summed E-state index contributed by atoms with van der Waals surface area (Å²) in [5.74, 6) is 0.105. The predicted molar refractivity (Wildman–Crippen MR) is 116 cm³/mol. The van der Waals surface area contributed by atoms with Gasteiger partial charge in [0.1, 0.15) is 17.1 Å². The summed E-state index contributed by atoms with van der Waals surface area (Å²) in [4.78, 5) is 29.0. The zero-order valence-electron chi connectivity index (χ0n) is 16.1. The Morgan fingerprint density at radius 3 is 2.31 bits per heavy atom. The molecule has 150 valence electrons. The van der Waals surface area contributed by atoms with Gasteiger partial charge in [-0.2, -0.15) is 0 Å². The standard InChI is InChI=1S/C21H19ClN2O4S/c1-4-23-19(25)17(12-13-11-16(27-2)9-10-18(13)28-3)20(26)24(21(23)29)15-7-5-14(22)6-8-15/h5-12H,4H2,1-3H3. The van der Waals surface area contributed by atoms with Gasteiger partial charge in [-0.25, -0.2) is 0 Å². The highest BCUT2D eigenvalue weighted by molar-refractivity contribution is 7.80. The molecule has 0 bridgehead atoms. The number of rotatable bonds is 5. The van der Waals surface area contributed by atoms with Crippen molar-refractivity contribution < 1.29 is 19.1 Å². The lowest BCUT2D eigenvalue weighted by atomic mass is 10.0. The molecule has 1 saturated heterocycles. The van der Waals surface area contributed by atoms with Crippen molar-refractivity contribution in [2.75, 3.05) is 25.7 Å². The summed E-state index contributed by atoms with van der Waals surface area (Å²) >= 11 is 11.4. The van der Waals surface area contributed by atoms with Crippen molar-refractivity contribution in [2.45, 2.75) is 6.92 Å². The van der Waals surface area contributed by atoms with Gasteiger partial charge in [-0.05, 0) is 67.7 Å². The van der Waals surface area contributed by atoms with E-state index >= 15 is 0 Å². The molecule has 1 aliphatic heterocycles. The van der Waals surface area contributed by atoms with Gasteiger partial charge in [0.05, 0.1) is 19.9 Å². The molecule has 0 spiro atoms. The van der Waals surface area contributed by atoms with Crippen molar-refractivity contribution in [1.29, 1.82) is 0 Å². The van der Waals surface area contributed by atoms with Crippen LogP contribution in [0.3, 0.4) is 0 Å². The number of methoxy groups -OCH3 is 2. The van der Waals surface area contributed by atoms with Crippen LogP contribution in [0.2, 0.25) is 5.02 Å². The van der Waals surface area contributed by atoms with Gasteiger partial charge in [0.15, 0.2) is 5.11 Å². The molecule has 0 aliphatic carbocycles. The monoisotopic (exact) mass is 430 g/mol. The molecule has 0 N–H and O–H groups in total. The van der Waals surface area contributed by atoms with E-state index in [2.05, 4.69) is 0 Å². The van der Waals surface area contributed by atoms with Gasteiger partial charge < -0.3 is 9.47 Å². The average Bonchev–Trinajstić information content (AvgIpc) is 2.72. The first-order chi connectivity index (χ1) is 13.9. The van der Waals surface area contributed by atoms with Crippen molar-refractivity contribution in [3.8, 4) is 11.5 Å². The van der Waals surface area contributed by atoms with Crippen LogP contribution in [-0.2, 0) is 9.59 Å². The summed E-state index contributed by atoms with van der Waals surface area (Å²) in [7, 11) is 3.05. The first-order valence-corrected chi connectivity index (χ1v) is 9.59. The number of carbonyl (C=O) groups excluding carboxylic acids is 2. The fraction of sp³-hybridized carbons (Fsp3) is 0.190. The summed E-state index contributed by atoms with van der Waals surface area (Å²) in [6.07, 6.45) is 1.50. The Morgan fingerprint density at radius 1 is 1.03 bits per heavy atom. The molecule has 0 radical (unpaired) electrons. The number of ether oxygens (including phenoxy) is 2. The van der Waals surface area contributed by atoms with Crippen LogP contribution in [0.25, 0.3) is 6.08 Å². The Bertz CT molecular complexity index is 1000. The molecule has 0 atom stereocenters. The number of hydrogen-bond acceptors (Lipinski definition) is 5. The summed E-state index contributed by atoms with van der Waals surface area (Å²) < 4.78 is 10.6. The van der Waals surface area contributed by atoms with E-state index in [1.807, 2.05) is 0 Å². The van der Waals surface area contributed by atoms with Crippen molar-refractivity contribution in [3.05, 3.63) is 58.6 Å². The minimum absolute atomic E-state index is 0.0260. The van der Waals surface area contributed by atoms with Crippen LogP contribution in [0.15, 0.2) is 48.0 Å². The maximum atomic E-state index is 13.3. The molecule has 8 heteroatoms. The Balaban J connectivity index is 2.13. The van der Waals surface area contributed by atoms with Crippen LogP contribution in [0.4, 0.5) is 5.69 Å². The highest BCUT2D eigenvalue weighted by atomic mass is 35.5. The Labute approximate surface area is 179 Å². The molecule has 1 aliphatic rings. The van der Waals surface area contributed by atoms with Crippen LogP contribution in [-0.4, -0.2) is 42.6 Å². The summed E-state index contributed by atoms with van der Waals surface area (Å²) in [5, 5.41) is 0.656. The first kappa shape index (κ1) is 20.8. The number of hydrogen-bond donors (Lipinski definition) is 0. The fourth-order valence-corrected chi connectivity index (χ4v) is 3.51. The van der Waals surface area contributed by atoms with Crippen molar-refractivity contribution >= 4 is 52.5 Å². The number of amides is 2. The largest absolute Gasteiger partial charge is 0.497 e. The van der Waals surface area contributed by atoms with E-state index in [-0.39, 0.29) is 10.7 Å². The van der Waals surface area contributed by atoms with E-state index < -0.39 is 11.8 Å². The minimum Gasteiger partial charge on any atom is -0.497 e. The molecule has 3 rings (SSSR count). The van der Waals surface area contributed by atoms with E-state index in [1.54, 1.807) is 49.4 Å². The first-order valence-electron chi connectivity index (χ1n) is 8.80. The lowest BCUT2D eigenvalue weighted by molar-refractivity contribution is -0.127. The minimum atomic E-state index is -0.517. The zero-order chi connectivity index (χ0) is 21.1. The van der Waals surface area contributed by atoms with Crippen LogP contribution in [0, 0.1) is 0 Å². The summed E-state index contributed by atoms with van der Waals surface area (Å²) in [5.41, 5.74) is 1.05. The number of nitrogens with zero attached hydrogens (tertiary/aromatic N) is 2. The topological polar surface area (TPSA) is 59.1 Å². The van der Waals surface area contributed by atoms with Crippen LogP contribution < -0.4 is 14.4 Å². The lowest BCUT2D eigenvalue weighted by Crippen LogP contribution is -2.56. The van der Waals surface area contributed by atoms with Gasteiger partial charge in [-0.15, -0.1) is 0 Å². The molecule has 2 aromatic carbocycles. The number of likely N-dealkylation sites (N-methyl/N-ethyl adjacent to an activating group) is 1. The number of anilines is 1. The van der Waals surface area contributed by atoms with Crippen LogP contribution in [0.1, 0.15) is 12.5 Å². The van der Waals surface area contributed by atoms with Crippen molar-refractivity contribution in [2.24, 2.45) is 0 Å². The van der Waals surface area contributed by atoms with E-state index in [0.717, 1.165) is 0 Å². The molecule has 1 fully saturated rings. The van der Waals surface area contributed by atoms with E-state index in [4.69, 9.17) is 33.3 Å². The molecule has 2 amide bonds. The predicted octanol–water partition coefficient (Wildman–Crippen LogP) is 3.92. The normalized spacial score (nSPS) is 15.9. The molecule has 0 saturated carbocycles. The quantitative estimate of drug-likeness (QED) is 0.409.